The van der Waals surface area contributed by atoms with Gasteiger partial charge < -0.3 is 0 Å². The van der Waals surface area contributed by atoms with E-state index in [1.807, 2.05) is 0 Å². The topological polar surface area (TPSA) is 0 Å². The first-order chi connectivity index (χ1) is 6.66. The van der Waals surface area contributed by atoms with Crippen LogP contribution in [0.5, 0.6) is 0 Å². The predicted octanol–water partition coefficient (Wildman–Crippen LogP) is 4.73. The number of hydrogen-bond acceptors (Lipinski definition) is 0. The monoisotopic (exact) mass is 192 g/mol. The van der Waals surface area contributed by atoms with Crippen molar-refractivity contribution in [2.45, 2.75) is 52.4 Å². The van der Waals surface area contributed by atoms with Crippen molar-refractivity contribution in [1.82, 2.24) is 0 Å². The lowest BCUT2D eigenvalue weighted by atomic mass is 9.83. The molecule has 1 unspecified atom stereocenters. The molecule has 0 saturated heterocycles. The molecule has 1 aliphatic rings. The highest BCUT2D eigenvalue weighted by atomic mass is 14.3. The summed E-state index contributed by atoms with van der Waals surface area (Å²) in [5.41, 5.74) is 2.85. The summed E-state index contributed by atoms with van der Waals surface area (Å²) in [7, 11) is 0. The van der Waals surface area contributed by atoms with Gasteiger partial charge in [0.15, 0.2) is 0 Å². The minimum atomic E-state index is 0.736. The summed E-state index contributed by atoms with van der Waals surface area (Å²) in [6.45, 7) is 12.8. The molecule has 1 rings (SSSR count). The van der Waals surface area contributed by atoms with Gasteiger partial charge in [-0.25, -0.2) is 0 Å². The molecule has 0 N–H and O–H groups in total. The molecule has 1 saturated carbocycles. The zero-order chi connectivity index (χ0) is 10.6. The first-order valence-corrected chi connectivity index (χ1v) is 5.99. The van der Waals surface area contributed by atoms with Crippen molar-refractivity contribution in [3.8, 4) is 0 Å². The van der Waals surface area contributed by atoms with E-state index in [9.17, 15) is 0 Å². The Bertz CT molecular complexity index is 212. The summed E-state index contributed by atoms with van der Waals surface area (Å²) >= 11 is 0. The van der Waals surface area contributed by atoms with Crippen LogP contribution in [0.1, 0.15) is 52.4 Å². The van der Waals surface area contributed by atoms with Crippen LogP contribution in [0.25, 0.3) is 0 Å². The van der Waals surface area contributed by atoms with Gasteiger partial charge in [-0.1, -0.05) is 44.1 Å². The standard InChI is InChI=1S/C14H24/c1-5-6-8-12(4)14-10-7-9-13(14)11(2)3/h13-14H,2,4-10H2,1,3H3/t13-,14?/m0/s1. The fourth-order valence-electron chi connectivity index (χ4n) is 2.63. The van der Waals surface area contributed by atoms with Gasteiger partial charge in [0.2, 0.25) is 0 Å². The lowest BCUT2D eigenvalue weighted by Crippen LogP contribution is -2.10. The zero-order valence-electron chi connectivity index (χ0n) is 9.81. The summed E-state index contributed by atoms with van der Waals surface area (Å²) in [4.78, 5) is 0. The summed E-state index contributed by atoms with van der Waals surface area (Å²) in [5.74, 6) is 1.48. The van der Waals surface area contributed by atoms with Crippen LogP contribution in [0.3, 0.4) is 0 Å². The highest BCUT2D eigenvalue weighted by Crippen LogP contribution is 2.41. The van der Waals surface area contributed by atoms with Crippen molar-refractivity contribution in [3.63, 3.8) is 0 Å². The largest absolute Gasteiger partial charge is 0.0998 e. The average Bonchev–Trinajstić information content (AvgIpc) is 2.62. The smallest absolute Gasteiger partial charge is 0.0140 e. The van der Waals surface area contributed by atoms with E-state index in [1.54, 1.807) is 0 Å². The fraction of sp³-hybridized carbons (Fsp3) is 0.714. The summed E-state index contributed by atoms with van der Waals surface area (Å²) in [6.07, 6.45) is 7.87. The van der Waals surface area contributed by atoms with Crippen LogP contribution in [-0.2, 0) is 0 Å². The first-order valence-electron chi connectivity index (χ1n) is 5.99. The quantitative estimate of drug-likeness (QED) is 0.553. The van der Waals surface area contributed by atoms with Crippen LogP contribution in [0, 0.1) is 11.8 Å². The van der Waals surface area contributed by atoms with E-state index >= 15 is 0 Å². The van der Waals surface area contributed by atoms with Gasteiger partial charge >= 0.3 is 0 Å². The van der Waals surface area contributed by atoms with Crippen molar-refractivity contribution >= 4 is 0 Å². The molecule has 0 amide bonds. The third-order valence-corrected chi connectivity index (χ3v) is 3.52. The molecule has 14 heavy (non-hydrogen) atoms. The van der Waals surface area contributed by atoms with E-state index in [2.05, 4.69) is 27.0 Å². The van der Waals surface area contributed by atoms with E-state index in [4.69, 9.17) is 0 Å². The van der Waals surface area contributed by atoms with E-state index in [1.165, 1.54) is 49.7 Å². The second-order valence-electron chi connectivity index (χ2n) is 4.75. The molecule has 0 aromatic heterocycles. The summed E-state index contributed by atoms with van der Waals surface area (Å²) in [5, 5.41) is 0. The second-order valence-corrected chi connectivity index (χ2v) is 4.75. The fourth-order valence-corrected chi connectivity index (χ4v) is 2.63. The molecule has 0 heterocycles. The lowest BCUT2D eigenvalue weighted by Gasteiger charge is -2.22. The maximum absolute atomic E-state index is 4.27. The van der Waals surface area contributed by atoms with E-state index in [0.717, 1.165) is 11.8 Å². The van der Waals surface area contributed by atoms with E-state index in [-0.39, 0.29) is 0 Å². The number of unbranched alkanes of at least 4 members (excludes halogenated alkanes) is 1. The first kappa shape index (κ1) is 11.6. The maximum Gasteiger partial charge on any atom is -0.0140 e. The summed E-state index contributed by atoms with van der Waals surface area (Å²) in [6, 6.07) is 0. The number of allylic oxidation sites excluding steroid dienone is 2. The molecule has 0 aromatic rings. The van der Waals surface area contributed by atoms with E-state index in [0.29, 0.717) is 0 Å². The van der Waals surface area contributed by atoms with Crippen molar-refractivity contribution < 1.29 is 0 Å². The molecule has 1 fully saturated rings. The molecule has 1 aliphatic carbocycles. The normalized spacial score (nSPS) is 26.4. The average molecular weight is 192 g/mol. The molecule has 0 nitrogen and oxygen atoms in total. The Morgan fingerprint density at radius 3 is 2.43 bits per heavy atom. The van der Waals surface area contributed by atoms with Gasteiger partial charge in [-0.05, 0) is 44.4 Å². The Kier molecular flexibility index (Phi) is 4.44. The molecular weight excluding hydrogens is 168 g/mol. The molecule has 0 bridgehead atoms. The van der Waals surface area contributed by atoms with Crippen LogP contribution in [0.2, 0.25) is 0 Å². The van der Waals surface area contributed by atoms with Gasteiger partial charge in [-0.2, -0.15) is 0 Å². The Morgan fingerprint density at radius 2 is 1.86 bits per heavy atom. The number of hydrogen-bond donors (Lipinski definition) is 0. The van der Waals surface area contributed by atoms with E-state index < -0.39 is 0 Å². The van der Waals surface area contributed by atoms with Crippen molar-refractivity contribution in [2.24, 2.45) is 11.8 Å². The lowest BCUT2D eigenvalue weighted by molar-refractivity contribution is 0.487. The Morgan fingerprint density at radius 1 is 1.21 bits per heavy atom. The van der Waals surface area contributed by atoms with Crippen LogP contribution in [-0.4, -0.2) is 0 Å². The Labute approximate surface area is 89.1 Å². The predicted molar refractivity (Wildman–Crippen MR) is 64.3 cm³/mol. The van der Waals surface area contributed by atoms with Gasteiger partial charge in [0.05, 0.1) is 0 Å². The zero-order valence-corrected chi connectivity index (χ0v) is 9.81. The second kappa shape index (κ2) is 5.38. The van der Waals surface area contributed by atoms with Crippen molar-refractivity contribution in [1.29, 1.82) is 0 Å². The molecule has 2 atom stereocenters. The van der Waals surface area contributed by atoms with Gasteiger partial charge in [-0.15, -0.1) is 0 Å². The van der Waals surface area contributed by atoms with Crippen LogP contribution >= 0.6 is 0 Å². The minimum Gasteiger partial charge on any atom is -0.0998 e. The van der Waals surface area contributed by atoms with Crippen LogP contribution < -0.4 is 0 Å². The molecule has 0 aliphatic heterocycles. The van der Waals surface area contributed by atoms with Crippen LogP contribution in [0.4, 0.5) is 0 Å². The molecule has 80 valence electrons. The van der Waals surface area contributed by atoms with Crippen molar-refractivity contribution in [3.05, 3.63) is 24.3 Å². The molecule has 0 spiro atoms. The van der Waals surface area contributed by atoms with Gasteiger partial charge in [0.1, 0.15) is 0 Å². The molecule has 0 radical (unpaired) electrons. The Balaban J connectivity index is 2.49. The van der Waals surface area contributed by atoms with Gasteiger partial charge in [-0.3, -0.25) is 0 Å². The maximum atomic E-state index is 4.27. The highest BCUT2D eigenvalue weighted by molar-refractivity contribution is 5.13. The summed E-state index contributed by atoms with van der Waals surface area (Å²) < 4.78 is 0. The van der Waals surface area contributed by atoms with Crippen LogP contribution in [0.15, 0.2) is 24.3 Å². The Hall–Kier alpha value is -0.520. The van der Waals surface area contributed by atoms with Crippen molar-refractivity contribution in [2.75, 3.05) is 0 Å². The highest BCUT2D eigenvalue weighted by Gasteiger charge is 2.28. The third-order valence-electron chi connectivity index (χ3n) is 3.52. The molecular formula is C14H24. The molecule has 0 heteroatoms. The number of rotatable bonds is 5. The third kappa shape index (κ3) is 2.73. The van der Waals surface area contributed by atoms with Gasteiger partial charge in [0.25, 0.3) is 0 Å². The molecule has 0 aromatic carbocycles. The minimum absolute atomic E-state index is 0.736. The SMILES string of the molecule is C=C(CCCC)C1CCC[C@H]1C(=C)C. The van der Waals surface area contributed by atoms with Gasteiger partial charge in [0, 0.05) is 0 Å².